The van der Waals surface area contributed by atoms with E-state index >= 15 is 0 Å². The highest BCUT2D eigenvalue weighted by molar-refractivity contribution is 6.09. The third-order valence-corrected chi connectivity index (χ3v) is 5.42. The molecule has 4 amide bonds. The molecule has 0 aromatic heterocycles. The van der Waals surface area contributed by atoms with Crippen LogP contribution >= 0.6 is 0 Å². The van der Waals surface area contributed by atoms with Gasteiger partial charge in [-0.15, -0.1) is 0 Å². The van der Waals surface area contributed by atoms with Crippen molar-refractivity contribution in [3.63, 3.8) is 0 Å². The van der Waals surface area contributed by atoms with Gasteiger partial charge in [0.15, 0.2) is 11.5 Å². The van der Waals surface area contributed by atoms with Crippen LogP contribution in [0.15, 0.2) is 42.5 Å². The van der Waals surface area contributed by atoms with Crippen LogP contribution in [0.3, 0.4) is 0 Å². The molecule has 0 aliphatic carbocycles. The lowest BCUT2D eigenvalue weighted by atomic mass is 9.91. The molecule has 11 heteroatoms. The van der Waals surface area contributed by atoms with Gasteiger partial charge in [0.05, 0.1) is 14.2 Å². The van der Waals surface area contributed by atoms with Gasteiger partial charge in [0.25, 0.3) is 5.91 Å². The summed E-state index contributed by atoms with van der Waals surface area (Å²) in [6, 6.07) is 10.2. The summed E-state index contributed by atoms with van der Waals surface area (Å²) in [5.41, 5.74) is -0.109. The van der Waals surface area contributed by atoms with Gasteiger partial charge in [-0.3, -0.25) is 14.5 Å². The first-order valence-corrected chi connectivity index (χ1v) is 10.3. The standard InChI is InChI=1S/C23H25F2N3O6/c1-23(15-6-9-17(32-2)18(12-15)33-3)20(30)28(22(31)27-23)13-19(29)26-11-10-14-4-7-16(8-5-14)34-21(24)25/h4-9,12,21H,10-11,13H2,1-3H3,(H,26,29)(H,27,31)/t23-/m0/s1. The van der Waals surface area contributed by atoms with Gasteiger partial charge in [0.2, 0.25) is 5.91 Å². The van der Waals surface area contributed by atoms with Crippen molar-refractivity contribution in [1.29, 1.82) is 0 Å². The Morgan fingerprint density at radius 1 is 1.09 bits per heavy atom. The summed E-state index contributed by atoms with van der Waals surface area (Å²) in [7, 11) is 2.94. The van der Waals surface area contributed by atoms with Gasteiger partial charge in [-0.1, -0.05) is 18.2 Å². The van der Waals surface area contributed by atoms with Gasteiger partial charge >= 0.3 is 12.6 Å². The summed E-state index contributed by atoms with van der Waals surface area (Å²) < 4.78 is 39.2. The monoisotopic (exact) mass is 477 g/mol. The quantitative estimate of drug-likeness (QED) is 0.509. The molecule has 3 rings (SSSR count). The number of carbonyl (C=O) groups is 3. The largest absolute Gasteiger partial charge is 0.493 e. The summed E-state index contributed by atoms with van der Waals surface area (Å²) in [5.74, 6) is -0.182. The molecule has 9 nitrogen and oxygen atoms in total. The van der Waals surface area contributed by atoms with Crippen LogP contribution in [-0.4, -0.2) is 56.7 Å². The number of alkyl halides is 2. The van der Waals surface area contributed by atoms with Crippen LogP contribution in [0.4, 0.5) is 13.6 Å². The Hall–Kier alpha value is -3.89. The fraction of sp³-hybridized carbons (Fsp3) is 0.348. The van der Waals surface area contributed by atoms with Crippen LogP contribution in [0.25, 0.3) is 0 Å². The maximum Gasteiger partial charge on any atom is 0.387 e. The van der Waals surface area contributed by atoms with Crippen LogP contribution in [0.2, 0.25) is 0 Å². The molecule has 34 heavy (non-hydrogen) atoms. The number of nitrogens with one attached hydrogen (secondary N) is 2. The van der Waals surface area contributed by atoms with Crippen molar-refractivity contribution in [2.24, 2.45) is 0 Å². The number of hydrogen-bond donors (Lipinski definition) is 2. The Morgan fingerprint density at radius 2 is 1.76 bits per heavy atom. The number of carbonyl (C=O) groups excluding carboxylic acids is 3. The number of halogens is 2. The van der Waals surface area contributed by atoms with E-state index in [4.69, 9.17) is 9.47 Å². The Balaban J connectivity index is 1.58. The Morgan fingerprint density at radius 3 is 2.38 bits per heavy atom. The lowest BCUT2D eigenvalue weighted by Crippen LogP contribution is -2.43. The van der Waals surface area contributed by atoms with Crippen molar-refractivity contribution >= 4 is 17.8 Å². The number of amides is 4. The molecule has 0 unspecified atom stereocenters. The predicted octanol–water partition coefficient (Wildman–Crippen LogP) is 2.43. The summed E-state index contributed by atoms with van der Waals surface area (Å²) in [5, 5.41) is 5.28. The molecule has 182 valence electrons. The molecule has 1 atom stereocenters. The lowest BCUT2D eigenvalue weighted by molar-refractivity contribution is -0.134. The van der Waals surface area contributed by atoms with Gasteiger partial charge < -0.3 is 24.8 Å². The molecule has 1 saturated heterocycles. The maximum absolute atomic E-state index is 13.1. The molecule has 0 saturated carbocycles. The highest BCUT2D eigenvalue weighted by Crippen LogP contribution is 2.35. The van der Waals surface area contributed by atoms with Crippen molar-refractivity contribution < 1.29 is 37.4 Å². The Labute approximate surface area is 195 Å². The van der Waals surface area contributed by atoms with E-state index < -0.39 is 36.5 Å². The molecule has 2 aromatic rings. The molecular weight excluding hydrogens is 452 g/mol. The second-order valence-corrected chi connectivity index (χ2v) is 7.64. The van der Waals surface area contributed by atoms with E-state index in [9.17, 15) is 23.2 Å². The van der Waals surface area contributed by atoms with Gasteiger partial charge in [-0.25, -0.2) is 4.79 Å². The molecule has 0 bridgehead atoms. The van der Waals surface area contributed by atoms with Crippen LogP contribution in [0.5, 0.6) is 17.2 Å². The van der Waals surface area contributed by atoms with Crippen molar-refractivity contribution in [3.8, 4) is 17.2 Å². The molecule has 1 fully saturated rings. The minimum absolute atomic E-state index is 0.0406. The van der Waals surface area contributed by atoms with Crippen LogP contribution < -0.4 is 24.8 Å². The second-order valence-electron chi connectivity index (χ2n) is 7.64. The fourth-order valence-corrected chi connectivity index (χ4v) is 3.57. The molecule has 0 spiro atoms. The molecular formula is C23H25F2N3O6. The third kappa shape index (κ3) is 5.36. The number of hydrogen-bond acceptors (Lipinski definition) is 6. The van der Waals surface area contributed by atoms with Crippen LogP contribution in [0, 0.1) is 0 Å². The van der Waals surface area contributed by atoms with E-state index in [-0.39, 0.29) is 12.3 Å². The normalized spacial score (nSPS) is 17.5. The second kappa shape index (κ2) is 10.4. The predicted molar refractivity (Wildman–Crippen MR) is 117 cm³/mol. The highest BCUT2D eigenvalue weighted by atomic mass is 19.3. The van der Waals surface area contributed by atoms with Crippen molar-refractivity contribution in [3.05, 3.63) is 53.6 Å². The first-order valence-electron chi connectivity index (χ1n) is 10.3. The third-order valence-electron chi connectivity index (χ3n) is 5.42. The van der Waals surface area contributed by atoms with E-state index in [0.717, 1.165) is 10.5 Å². The Bertz CT molecular complexity index is 1060. The number of urea groups is 1. The zero-order chi connectivity index (χ0) is 24.9. The number of methoxy groups -OCH3 is 2. The van der Waals surface area contributed by atoms with Gasteiger partial charge in [-0.05, 0) is 48.7 Å². The van der Waals surface area contributed by atoms with E-state index in [2.05, 4.69) is 15.4 Å². The zero-order valence-electron chi connectivity index (χ0n) is 18.9. The summed E-state index contributed by atoms with van der Waals surface area (Å²) in [6.45, 7) is -1.57. The van der Waals surface area contributed by atoms with Crippen molar-refractivity contribution in [2.75, 3.05) is 27.3 Å². The first-order chi connectivity index (χ1) is 16.2. The average molecular weight is 477 g/mol. The maximum atomic E-state index is 13.1. The number of benzene rings is 2. The van der Waals surface area contributed by atoms with E-state index in [1.54, 1.807) is 37.3 Å². The minimum atomic E-state index is -2.90. The summed E-state index contributed by atoms with van der Waals surface area (Å²) in [4.78, 5) is 38.8. The zero-order valence-corrected chi connectivity index (χ0v) is 18.9. The van der Waals surface area contributed by atoms with Crippen LogP contribution in [-0.2, 0) is 21.5 Å². The molecule has 2 aromatic carbocycles. The molecule has 0 radical (unpaired) electrons. The number of nitrogens with zero attached hydrogens (tertiary/aromatic N) is 1. The lowest BCUT2D eigenvalue weighted by Gasteiger charge is -2.23. The number of ether oxygens (including phenoxy) is 3. The van der Waals surface area contributed by atoms with E-state index in [1.807, 2.05) is 0 Å². The van der Waals surface area contributed by atoms with Gasteiger partial charge in [-0.2, -0.15) is 8.78 Å². The van der Waals surface area contributed by atoms with Gasteiger partial charge in [0, 0.05) is 6.54 Å². The fourth-order valence-electron chi connectivity index (χ4n) is 3.57. The topological polar surface area (TPSA) is 106 Å². The van der Waals surface area contributed by atoms with E-state index in [1.165, 1.54) is 26.4 Å². The molecule has 1 aliphatic rings. The molecule has 1 aliphatic heterocycles. The summed E-state index contributed by atoms with van der Waals surface area (Å²) in [6.07, 6.45) is 0.421. The van der Waals surface area contributed by atoms with Gasteiger partial charge in [0.1, 0.15) is 17.8 Å². The number of rotatable bonds is 10. The number of imide groups is 1. The van der Waals surface area contributed by atoms with Crippen molar-refractivity contribution in [1.82, 2.24) is 15.5 Å². The Kier molecular flexibility index (Phi) is 7.54. The average Bonchev–Trinajstić information content (AvgIpc) is 3.03. The highest BCUT2D eigenvalue weighted by Gasteiger charge is 2.49. The SMILES string of the molecule is COc1ccc([C@]2(C)NC(=O)N(CC(=O)NCCc3ccc(OC(F)F)cc3)C2=O)cc1OC. The molecule has 2 N–H and O–H groups in total. The molecule has 1 heterocycles. The first kappa shape index (κ1) is 24.7. The smallest absolute Gasteiger partial charge is 0.387 e. The van der Waals surface area contributed by atoms with Crippen LogP contribution in [0.1, 0.15) is 18.1 Å². The van der Waals surface area contributed by atoms with Crippen molar-refractivity contribution in [2.45, 2.75) is 25.5 Å². The minimum Gasteiger partial charge on any atom is -0.493 e. The van der Waals surface area contributed by atoms with E-state index in [0.29, 0.717) is 23.5 Å². The summed E-state index contributed by atoms with van der Waals surface area (Å²) >= 11 is 0.